The van der Waals surface area contributed by atoms with Crippen molar-refractivity contribution in [2.75, 3.05) is 6.79 Å². The standard InChI is InChI=1S/C10H10O3/c1-2-8-7(5-11)3-4-9-10(8)13-6-12-9/h3-5H,2,6H2,1H3. The van der Waals surface area contributed by atoms with Crippen LogP contribution in [0.5, 0.6) is 11.5 Å². The quantitative estimate of drug-likeness (QED) is 0.647. The van der Waals surface area contributed by atoms with E-state index in [1.807, 2.05) is 6.92 Å². The molecule has 0 spiro atoms. The Labute approximate surface area is 76.3 Å². The van der Waals surface area contributed by atoms with E-state index in [1.54, 1.807) is 12.1 Å². The van der Waals surface area contributed by atoms with Crippen LogP contribution in [0.1, 0.15) is 22.8 Å². The average Bonchev–Trinajstić information content (AvgIpc) is 2.63. The van der Waals surface area contributed by atoms with Crippen molar-refractivity contribution in [1.82, 2.24) is 0 Å². The summed E-state index contributed by atoms with van der Waals surface area (Å²) in [4.78, 5) is 10.7. The molecule has 2 rings (SSSR count). The third kappa shape index (κ3) is 1.16. The van der Waals surface area contributed by atoms with Crippen molar-refractivity contribution in [3.8, 4) is 11.5 Å². The van der Waals surface area contributed by atoms with Gasteiger partial charge in [0, 0.05) is 11.1 Å². The molecule has 3 nitrogen and oxygen atoms in total. The molecule has 0 aromatic heterocycles. The van der Waals surface area contributed by atoms with Gasteiger partial charge in [0.1, 0.15) is 6.29 Å². The molecule has 1 heterocycles. The first-order chi connectivity index (χ1) is 6.36. The van der Waals surface area contributed by atoms with Gasteiger partial charge in [-0.05, 0) is 18.6 Å². The lowest BCUT2D eigenvalue weighted by molar-refractivity contribution is 0.112. The summed E-state index contributed by atoms with van der Waals surface area (Å²) < 4.78 is 10.5. The molecule has 1 aliphatic heterocycles. The van der Waals surface area contributed by atoms with Crippen molar-refractivity contribution < 1.29 is 14.3 Å². The van der Waals surface area contributed by atoms with E-state index in [0.29, 0.717) is 5.56 Å². The first-order valence-electron chi connectivity index (χ1n) is 4.23. The summed E-state index contributed by atoms with van der Waals surface area (Å²) in [5.74, 6) is 1.47. The van der Waals surface area contributed by atoms with Crippen LogP contribution in [-0.2, 0) is 6.42 Å². The van der Waals surface area contributed by atoms with Crippen LogP contribution in [0.25, 0.3) is 0 Å². The van der Waals surface area contributed by atoms with Crippen LogP contribution in [0.4, 0.5) is 0 Å². The van der Waals surface area contributed by atoms with E-state index in [-0.39, 0.29) is 6.79 Å². The molecule has 1 aromatic carbocycles. The zero-order chi connectivity index (χ0) is 9.26. The largest absolute Gasteiger partial charge is 0.454 e. The van der Waals surface area contributed by atoms with Crippen LogP contribution < -0.4 is 9.47 Å². The summed E-state index contributed by atoms with van der Waals surface area (Å²) in [6.45, 7) is 2.24. The number of hydrogen-bond acceptors (Lipinski definition) is 3. The van der Waals surface area contributed by atoms with Gasteiger partial charge in [-0.3, -0.25) is 4.79 Å². The molecule has 0 amide bonds. The topological polar surface area (TPSA) is 35.5 Å². The Morgan fingerprint density at radius 2 is 2.31 bits per heavy atom. The summed E-state index contributed by atoms with van der Waals surface area (Å²) >= 11 is 0. The molecule has 3 heteroatoms. The van der Waals surface area contributed by atoms with Gasteiger partial charge < -0.3 is 9.47 Å². The smallest absolute Gasteiger partial charge is 0.231 e. The number of carbonyl (C=O) groups excluding carboxylic acids is 1. The molecular formula is C10H10O3. The van der Waals surface area contributed by atoms with Gasteiger partial charge in [0.15, 0.2) is 11.5 Å². The van der Waals surface area contributed by atoms with Crippen molar-refractivity contribution in [1.29, 1.82) is 0 Å². The molecule has 0 fully saturated rings. The van der Waals surface area contributed by atoms with Gasteiger partial charge in [-0.25, -0.2) is 0 Å². The second-order valence-corrected chi connectivity index (χ2v) is 2.84. The fourth-order valence-electron chi connectivity index (χ4n) is 1.52. The second kappa shape index (κ2) is 3.09. The van der Waals surface area contributed by atoms with Gasteiger partial charge in [-0.15, -0.1) is 0 Å². The molecule has 0 atom stereocenters. The SMILES string of the molecule is CCc1c(C=O)ccc2c1OCO2. The number of benzene rings is 1. The molecule has 0 saturated carbocycles. The highest BCUT2D eigenvalue weighted by Gasteiger charge is 2.18. The molecule has 0 N–H and O–H groups in total. The fraction of sp³-hybridized carbons (Fsp3) is 0.300. The number of carbonyl (C=O) groups is 1. The number of fused-ring (bicyclic) bond motifs is 1. The molecular weight excluding hydrogens is 168 g/mol. The van der Waals surface area contributed by atoms with Gasteiger partial charge in [-0.2, -0.15) is 0 Å². The van der Waals surface area contributed by atoms with E-state index in [0.717, 1.165) is 29.8 Å². The van der Waals surface area contributed by atoms with Gasteiger partial charge in [-0.1, -0.05) is 6.92 Å². The molecule has 1 aliphatic rings. The van der Waals surface area contributed by atoms with E-state index in [4.69, 9.17) is 9.47 Å². The molecule has 13 heavy (non-hydrogen) atoms. The maximum absolute atomic E-state index is 10.7. The number of ether oxygens (including phenoxy) is 2. The van der Waals surface area contributed by atoms with Crippen LogP contribution in [0.2, 0.25) is 0 Å². The Kier molecular flexibility index (Phi) is 1.93. The molecule has 0 aliphatic carbocycles. The van der Waals surface area contributed by atoms with E-state index in [9.17, 15) is 4.79 Å². The zero-order valence-corrected chi connectivity index (χ0v) is 7.37. The van der Waals surface area contributed by atoms with Crippen molar-refractivity contribution in [2.45, 2.75) is 13.3 Å². The first-order valence-corrected chi connectivity index (χ1v) is 4.23. The molecule has 0 saturated heterocycles. The Hall–Kier alpha value is -1.51. The van der Waals surface area contributed by atoms with E-state index < -0.39 is 0 Å². The number of rotatable bonds is 2. The van der Waals surface area contributed by atoms with Crippen LogP contribution in [0.15, 0.2) is 12.1 Å². The zero-order valence-electron chi connectivity index (χ0n) is 7.37. The lowest BCUT2D eigenvalue weighted by Crippen LogP contribution is -1.95. The molecule has 0 radical (unpaired) electrons. The Morgan fingerprint density at radius 3 is 3.00 bits per heavy atom. The average molecular weight is 178 g/mol. The Morgan fingerprint density at radius 1 is 1.46 bits per heavy atom. The minimum Gasteiger partial charge on any atom is -0.454 e. The molecule has 68 valence electrons. The predicted octanol–water partition coefficient (Wildman–Crippen LogP) is 1.79. The summed E-state index contributed by atoms with van der Waals surface area (Å²) in [5.41, 5.74) is 1.62. The minimum atomic E-state index is 0.255. The van der Waals surface area contributed by atoms with Crippen molar-refractivity contribution in [3.05, 3.63) is 23.3 Å². The monoisotopic (exact) mass is 178 g/mol. The second-order valence-electron chi connectivity index (χ2n) is 2.84. The summed E-state index contributed by atoms with van der Waals surface area (Å²) in [6.07, 6.45) is 1.63. The fourth-order valence-corrected chi connectivity index (χ4v) is 1.52. The van der Waals surface area contributed by atoms with Crippen LogP contribution in [0.3, 0.4) is 0 Å². The number of aldehydes is 1. The van der Waals surface area contributed by atoms with Crippen molar-refractivity contribution in [3.63, 3.8) is 0 Å². The Bertz CT molecular complexity index is 344. The lowest BCUT2D eigenvalue weighted by Gasteiger charge is -2.05. The van der Waals surface area contributed by atoms with Crippen LogP contribution >= 0.6 is 0 Å². The van der Waals surface area contributed by atoms with Crippen LogP contribution in [-0.4, -0.2) is 13.1 Å². The van der Waals surface area contributed by atoms with E-state index >= 15 is 0 Å². The van der Waals surface area contributed by atoms with Crippen molar-refractivity contribution in [2.24, 2.45) is 0 Å². The maximum Gasteiger partial charge on any atom is 0.231 e. The Balaban J connectivity index is 2.59. The van der Waals surface area contributed by atoms with E-state index in [2.05, 4.69) is 0 Å². The highest BCUT2D eigenvalue weighted by Crippen LogP contribution is 2.37. The number of hydrogen-bond donors (Lipinski definition) is 0. The lowest BCUT2D eigenvalue weighted by atomic mass is 10.0. The summed E-state index contributed by atoms with van der Waals surface area (Å²) in [7, 11) is 0. The summed E-state index contributed by atoms with van der Waals surface area (Å²) in [5, 5.41) is 0. The van der Waals surface area contributed by atoms with Crippen LogP contribution in [0, 0.1) is 0 Å². The third-order valence-corrected chi connectivity index (χ3v) is 2.16. The highest BCUT2D eigenvalue weighted by molar-refractivity contribution is 5.80. The van der Waals surface area contributed by atoms with Gasteiger partial charge in [0.05, 0.1) is 0 Å². The predicted molar refractivity (Wildman–Crippen MR) is 47.3 cm³/mol. The maximum atomic E-state index is 10.7. The highest BCUT2D eigenvalue weighted by atomic mass is 16.7. The third-order valence-electron chi connectivity index (χ3n) is 2.16. The first kappa shape index (κ1) is 8.10. The molecule has 0 unspecified atom stereocenters. The van der Waals surface area contributed by atoms with E-state index in [1.165, 1.54) is 0 Å². The van der Waals surface area contributed by atoms with Gasteiger partial charge in [0.2, 0.25) is 6.79 Å². The molecule has 0 bridgehead atoms. The summed E-state index contributed by atoms with van der Waals surface area (Å²) in [6, 6.07) is 3.53. The minimum absolute atomic E-state index is 0.255. The van der Waals surface area contributed by atoms with Gasteiger partial charge >= 0.3 is 0 Å². The van der Waals surface area contributed by atoms with Crippen molar-refractivity contribution >= 4 is 6.29 Å². The van der Waals surface area contributed by atoms with Gasteiger partial charge in [0.25, 0.3) is 0 Å². The molecule has 1 aromatic rings. The normalized spacial score (nSPS) is 13.0.